The van der Waals surface area contributed by atoms with Gasteiger partial charge in [-0.25, -0.2) is 4.98 Å². The van der Waals surface area contributed by atoms with Crippen LogP contribution in [0.15, 0.2) is 73.3 Å². The summed E-state index contributed by atoms with van der Waals surface area (Å²) in [7, 11) is 0. The summed E-state index contributed by atoms with van der Waals surface area (Å²) in [5.74, 6) is 0.277. The molecule has 0 aliphatic heterocycles. The lowest BCUT2D eigenvalue weighted by atomic mass is 9.97. The van der Waals surface area contributed by atoms with E-state index < -0.39 is 0 Å². The Balaban J connectivity index is 1.58. The van der Waals surface area contributed by atoms with Gasteiger partial charge < -0.3 is 9.88 Å². The van der Waals surface area contributed by atoms with Crippen molar-refractivity contribution in [3.8, 4) is 5.69 Å². The molecule has 128 valence electrons. The molecule has 0 fully saturated rings. The van der Waals surface area contributed by atoms with Gasteiger partial charge in [-0.1, -0.05) is 49.4 Å². The maximum atomic E-state index is 12.3. The molecule has 0 saturated carbocycles. The van der Waals surface area contributed by atoms with Gasteiger partial charge in [0.25, 0.3) is 0 Å². The fourth-order valence-corrected chi connectivity index (χ4v) is 2.91. The first kappa shape index (κ1) is 17.0. The van der Waals surface area contributed by atoms with E-state index in [2.05, 4.69) is 29.4 Å². The number of imidazole rings is 1. The van der Waals surface area contributed by atoms with Crippen molar-refractivity contribution in [2.75, 3.05) is 0 Å². The minimum atomic E-state index is -0.0210. The SMILES string of the molecule is C[C@@H](CC(=O)N[C@H](C)c1ccc(-n2ccnc2)cc1)c1ccccc1. The first-order chi connectivity index (χ1) is 12.1. The summed E-state index contributed by atoms with van der Waals surface area (Å²) >= 11 is 0. The standard InChI is InChI=1S/C21H23N3O/c1-16(18-6-4-3-5-7-18)14-21(25)23-17(2)19-8-10-20(11-9-19)24-13-12-22-15-24/h3-13,15-17H,14H2,1-2H3,(H,23,25)/t16-,17+/m0/s1. The van der Waals surface area contributed by atoms with E-state index in [4.69, 9.17) is 0 Å². The second kappa shape index (κ2) is 7.79. The summed E-state index contributed by atoms with van der Waals surface area (Å²) in [6, 6.07) is 18.3. The van der Waals surface area contributed by atoms with Crippen LogP contribution in [0, 0.1) is 0 Å². The van der Waals surface area contributed by atoms with Crippen molar-refractivity contribution in [1.82, 2.24) is 14.9 Å². The molecule has 0 radical (unpaired) electrons. The second-order valence-electron chi connectivity index (χ2n) is 6.37. The van der Waals surface area contributed by atoms with Crippen molar-refractivity contribution in [2.45, 2.75) is 32.2 Å². The Morgan fingerprint density at radius 3 is 2.40 bits per heavy atom. The Hall–Kier alpha value is -2.88. The molecule has 25 heavy (non-hydrogen) atoms. The van der Waals surface area contributed by atoms with Gasteiger partial charge in [0, 0.05) is 24.5 Å². The molecule has 0 spiro atoms. The quantitative estimate of drug-likeness (QED) is 0.733. The lowest BCUT2D eigenvalue weighted by Gasteiger charge is -2.17. The monoisotopic (exact) mass is 333 g/mol. The Morgan fingerprint density at radius 1 is 1.04 bits per heavy atom. The summed E-state index contributed by atoms with van der Waals surface area (Å²) in [4.78, 5) is 16.4. The topological polar surface area (TPSA) is 46.9 Å². The van der Waals surface area contributed by atoms with Crippen LogP contribution < -0.4 is 5.32 Å². The number of hydrogen-bond acceptors (Lipinski definition) is 2. The predicted octanol–water partition coefficient (Wildman–Crippen LogP) is 4.24. The van der Waals surface area contributed by atoms with E-state index in [0.717, 1.165) is 11.3 Å². The third kappa shape index (κ3) is 4.35. The normalized spacial score (nSPS) is 13.2. The first-order valence-electron chi connectivity index (χ1n) is 8.56. The van der Waals surface area contributed by atoms with E-state index in [0.29, 0.717) is 6.42 Å². The number of benzene rings is 2. The lowest BCUT2D eigenvalue weighted by Crippen LogP contribution is -2.27. The van der Waals surface area contributed by atoms with E-state index in [9.17, 15) is 4.79 Å². The highest BCUT2D eigenvalue weighted by Gasteiger charge is 2.14. The number of hydrogen-bond donors (Lipinski definition) is 1. The molecule has 2 atom stereocenters. The van der Waals surface area contributed by atoms with Gasteiger partial charge in [0.1, 0.15) is 0 Å². The molecule has 0 unspecified atom stereocenters. The smallest absolute Gasteiger partial charge is 0.221 e. The molecule has 3 rings (SSSR count). The Bertz CT molecular complexity index is 795. The number of rotatable bonds is 6. The van der Waals surface area contributed by atoms with E-state index in [1.54, 1.807) is 12.5 Å². The number of carbonyl (C=O) groups excluding carboxylic acids is 1. The molecule has 0 saturated heterocycles. The summed E-state index contributed by atoms with van der Waals surface area (Å²) < 4.78 is 1.95. The third-order valence-electron chi connectivity index (χ3n) is 4.43. The van der Waals surface area contributed by atoms with Gasteiger partial charge in [-0.2, -0.15) is 0 Å². The van der Waals surface area contributed by atoms with E-state index in [-0.39, 0.29) is 17.9 Å². The van der Waals surface area contributed by atoms with E-state index in [1.807, 2.05) is 60.2 Å². The molecule has 3 aromatic rings. The Kier molecular flexibility index (Phi) is 5.29. The van der Waals surface area contributed by atoms with Crippen LogP contribution in [0.2, 0.25) is 0 Å². The molecule has 2 aromatic carbocycles. The van der Waals surface area contributed by atoms with Crippen LogP contribution in [0.5, 0.6) is 0 Å². The molecule has 4 heteroatoms. The van der Waals surface area contributed by atoms with Crippen LogP contribution >= 0.6 is 0 Å². The summed E-state index contributed by atoms with van der Waals surface area (Å²) in [6.07, 6.45) is 5.92. The number of nitrogens with zero attached hydrogens (tertiary/aromatic N) is 2. The molecule has 0 aliphatic rings. The zero-order chi connectivity index (χ0) is 17.6. The molecular formula is C21H23N3O. The van der Waals surface area contributed by atoms with Crippen LogP contribution in [-0.4, -0.2) is 15.5 Å². The minimum Gasteiger partial charge on any atom is -0.350 e. The van der Waals surface area contributed by atoms with Crippen LogP contribution in [0.25, 0.3) is 5.69 Å². The number of amides is 1. The maximum absolute atomic E-state index is 12.3. The Morgan fingerprint density at radius 2 is 1.76 bits per heavy atom. The molecule has 1 heterocycles. The molecular weight excluding hydrogens is 310 g/mol. The number of nitrogens with one attached hydrogen (secondary N) is 1. The zero-order valence-corrected chi connectivity index (χ0v) is 14.6. The summed E-state index contributed by atoms with van der Waals surface area (Å²) in [6.45, 7) is 4.09. The molecule has 4 nitrogen and oxygen atoms in total. The van der Waals surface area contributed by atoms with Gasteiger partial charge in [-0.05, 0) is 36.1 Å². The van der Waals surface area contributed by atoms with Crippen LogP contribution in [0.3, 0.4) is 0 Å². The van der Waals surface area contributed by atoms with Crippen molar-refractivity contribution in [3.63, 3.8) is 0 Å². The molecule has 0 aliphatic carbocycles. The van der Waals surface area contributed by atoms with Gasteiger partial charge >= 0.3 is 0 Å². The fourth-order valence-electron chi connectivity index (χ4n) is 2.91. The number of aromatic nitrogens is 2. The van der Waals surface area contributed by atoms with Crippen molar-refractivity contribution in [2.24, 2.45) is 0 Å². The van der Waals surface area contributed by atoms with Crippen molar-refractivity contribution in [3.05, 3.63) is 84.4 Å². The first-order valence-corrected chi connectivity index (χ1v) is 8.56. The van der Waals surface area contributed by atoms with Gasteiger partial charge in [-0.15, -0.1) is 0 Å². The van der Waals surface area contributed by atoms with Crippen molar-refractivity contribution >= 4 is 5.91 Å². The number of carbonyl (C=O) groups is 1. The van der Waals surface area contributed by atoms with Crippen LogP contribution in [0.1, 0.15) is 43.4 Å². The molecule has 1 N–H and O–H groups in total. The lowest BCUT2D eigenvalue weighted by molar-refractivity contribution is -0.122. The zero-order valence-electron chi connectivity index (χ0n) is 14.6. The molecule has 1 amide bonds. The highest BCUT2D eigenvalue weighted by Crippen LogP contribution is 2.20. The highest BCUT2D eigenvalue weighted by atomic mass is 16.1. The Labute approximate surface area is 148 Å². The summed E-state index contributed by atoms with van der Waals surface area (Å²) in [5, 5.41) is 3.09. The maximum Gasteiger partial charge on any atom is 0.221 e. The van der Waals surface area contributed by atoms with Crippen molar-refractivity contribution < 1.29 is 4.79 Å². The summed E-state index contributed by atoms with van der Waals surface area (Å²) in [5.41, 5.74) is 3.33. The highest BCUT2D eigenvalue weighted by molar-refractivity contribution is 5.77. The van der Waals surface area contributed by atoms with Gasteiger partial charge in [-0.3, -0.25) is 4.79 Å². The third-order valence-corrected chi connectivity index (χ3v) is 4.43. The van der Waals surface area contributed by atoms with E-state index in [1.165, 1.54) is 5.56 Å². The van der Waals surface area contributed by atoms with Gasteiger partial charge in [0.15, 0.2) is 0 Å². The fraction of sp³-hybridized carbons (Fsp3) is 0.238. The van der Waals surface area contributed by atoms with Crippen LogP contribution in [-0.2, 0) is 4.79 Å². The van der Waals surface area contributed by atoms with Crippen molar-refractivity contribution in [1.29, 1.82) is 0 Å². The molecule has 0 bridgehead atoms. The largest absolute Gasteiger partial charge is 0.350 e. The molecule has 1 aromatic heterocycles. The van der Waals surface area contributed by atoms with Gasteiger partial charge in [0.2, 0.25) is 5.91 Å². The average Bonchev–Trinajstić information content (AvgIpc) is 3.17. The van der Waals surface area contributed by atoms with E-state index >= 15 is 0 Å². The second-order valence-corrected chi connectivity index (χ2v) is 6.37. The minimum absolute atomic E-state index is 0.0210. The van der Waals surface area contributed by atoms with Crippen LogP contribution in [0.4, 0.5) is 0 Å². The average molecular weight is 333 g/mol. The van der Waals surface area contributed by atoms with Gasteiger partial charge in [0.05, 0.1) is 12.4 Å². The predicted molar refractivity (Wildman–Crippen MR) is 99.6 cm³/mol.